The minimum Gasteiger partial charge on any atom is -0.500 e. The van der Waals surface area contributed by atoms with Crippen molar-refractivity contribution in [3.63, 3.8) is 0 Å². The molecule has 0 aromatic rings. The first-order valence-electron chi connectivity index (χ1n) is 3.14. The van der Waals surface area contributed by atoms with E-state index in [2.05, 4.69) is 0 Å². The third-order valence-corrected chi connectivity index (χ3v) is 1.66. The van der Waals surface area contributed by atoms with Crippen LogP contribution in [-0.4, -0.2) is 5.11 Å². The van der Waals surface area contributed by atoms with Crippen molar-refractivity contribution in [2.24, 2.45) is 5.92 Å². The van der Waals surface area contributed by atoms with E-state index in [0.29, 0.717) is 5.92 Å². The topological polar surface area (TPSA) is 44.0 Å². The predicted octanol–water partition coefficient (Wildman–Crippen LogP) is 1.75. The van der Waals surface area contributed by atoms with Crippen LogP contribution in [0.1, 0.15) is 19.3 Å². The minimum atomic E-state index is -0.125. The smallest absolute Gasteiger partial charge is 0.190 e. The number of aliphatic hydroxyl groups excluding tert-OH is 1. The molecule has 1 aliphatic rings. The Labute approximate surface area is 54.4 Å². The molecule has 2 heteroatoms. The predicted molar refractivity (Wildman–Crippen MR) is 33.7 cm³/mol. The van der Waals surface area contributed by atoms with E-state index in [9.17, 15) is 0 Å². The standard InChI is InChI=1S/C7H9NO/c8-5-7(9)4-6-2-1-3-6/h4,6,9H,1-3H2/b7-4-. The molecule has 48 valence electrons. The van der Waals surface area contributed by atoms with Crippen LogP contribution >= 0.6 is 0 Å². The number of nitrogens with zero attached hydrogens (tertiary/aromatic N) is 1. The summed E-state index contributed by atoms with van der Waals surface area (Å²) in [5.41, 5.74) is 0. The quantitative estimate of drug-likeness (QED) is 0.328. The maximum Gasteiger partial charge on any atom is 0.190 e. The lowest BCUT2D eigenvalue weighted by molar-refractivity contribution is 0.363. The van der Waals surface area contributed by atoms with Gasteiger partial charge in [-0.1, -0.05) is 6.42 Å². The van der Waals surface area contributed by atoms with Gasteiger partial charge >= 0.3 is 0 Å². The zero-order valence-electron chi connectivity index (χ0n) is 5.17. The Balaban J connectivity index is 2.38. The number of allylic oxidation sites excluding steroid dienone is 2. The van der Waals surface area contributed by atoms with Gasteiger partial charge in [0.2, 0.25) is 0 Å². The Morgan fingerprint density at radius 2 is 2.33 bits per heavy atom. The molecule has 0 aliphatic heterocycles. The molecule has 0 amide bonds. The highest BCUT2D eigenvalue weighted by molar-refractivity contribution is 5.13. The summed E-state index contributed by atoms with van der Waals surface area (Å²) in [6, 6.07) is 1.68. The average molecular weight is 123 g/mol. The first kappa shape index (κ1) is 6.15. The van der Waals surface area contributed by atoms with Crippen LogP contribution in [0.3, 0.4) is 0 Å². The zero-order valence-corrected chi connectivity index (χ0v) is 5.17. The number of hydrogen-bond acceptors (Lipinski definition) is 2. The van der Waals surface area contributed by atoms with Crippen LogP contribution in [0, 0.1) is 17.2 Å². The summed E-state index contributed by atoms with van der Waals surface area (Å²) < 4.78 is 0. The summed E-state index contributed by atoms with van der Waals surface area (Å²) >= 11 is 0. The fraction of sp³-hybridized carbons (Fsp3) is 0.571. The van der Waals surface area contributed by atoms with E-state index in [4.69, 9.17) is 10.4 Å². The van der Waals surface area contributed by atoms with E-state index < -0.39 is 0 Å². The minimum absolute atomic E-state index is 0.125. The molecule has 0 atom stereocenters. The van der Waals surface area contributed by atoms with E-state index >= 15 is 0 Å². The van der Waals surface area contributed by atoms with Gasteiger partial charge in [0.05, 0.1) is 0 Å². The molecule has 0 aromatic carbocycles. The molecule has 1 N–H and O–H groups in total. The van der Waals surface area contributed by atoms with Gasteiger partial charge in [0.1, 0.15) is 6.07 Å². The summed E-state index contributed by atoms with van der Waals surface area (Å²) in [6.07, 6.45) is 5.14. The summed E-state index contributed by atoms with van der Waals surface area (Å²) in [6.45, 7) is 0. The Bertz CT molecular complexity index is 162. The second-order valence-electron chi connectivity index (χ2n) is 2.35. The van der Waals surface area contributed by atoms with Crippen LogP contribution in [-0.2, 0) is 0 Å². The fourth-order valence-electron chi connectivity index (χ4n) is 0.867. The SMILES string of the molecule is N#C/C(O)=C/C1CCC1. The summed E-state index contributed by atoms with van der Waals surface area (Å²) in [5, 5.41) is 16.8. The van der Waals surface area contributed by atoms with Crippen molar-refractivity contribution in [3.05, 3.63) is 11.8 Å². The van der Waals surface area contributed by atoms with E-state index in [1.165, 1.54) is 6.42 Å². The van der Waals surface area contributed by atoms with Crippen molar-refractivity contribution in [2.75, 3.05) is 0 Å². The Kier molecular flexibility index (Phi) is 1.74. The molecule has 0 radical (unpaired) electrons. The molecule has 1 fully saturated rings. The van der Waals surface area contributed by atoms with Crippen LogP contribution in [0.25, 0.3) is 0 Å². The third-order valence-electron chi connectivity index (χ3n) is 1.66. The number of rotatable bonds is 1. The molecule has 0 aromatic heterocycles. The van der Waals surface area contributed by atoms with Crippen molar-refractivity contribution in [1.82, 2.24) is 0 Å². The van der Waals surface area contributed by atoms with Gasteiger partial charge in [0, 0.05) is 0 Å². The highest BCUT2D eigenvalue weighted by Gasteiger charge is 2.14. The van der Waals surface area contributed by atoms with Gasteiger partial charge in [-0.3, -0.25) is 0 Å². The summed E-state index contributed by atoms with van der Waals surface area (Å²) in [7, 11) is 0. The molecular weight excluding hydrogens is 114 g/mol. The average Bonchev–Trinajstić information content (AvgIpc) is 1.78. The third kappa shape index (κ3) is 1.46. The zero-order chi connectivity index (χ0) is 6.69. The molecule has 0 saturated heterocycles. The highest BCUT2D eigenvalue weighted by atomic mass is 16.3. The second-order valence-corrected chi connectivity index (χ2v) is 2.35. The monoisotopic (exact) mass is 123 g/mol. The molecule has 0 spiro atoms. The maximum absolute atomic E-state index is 8.69. The van der Waals surface area contributed by atoms with Crippen molar-refractivity contribution in [2.45, 2.75) is 19.3 Å². The molecular formula is C7H9NO. The number of nitriles is 1. The normalized spacial score (nSPS) is 20.6. The largest absolute Gasteiger partial charge is 0.500 e. The fourth-order valence-corrected chi connectivity index (χ4v) is 0.867. The molecule has 0 bridgehead atoms. The van der Waals surface area contributed by atoms with E-state index in [1.54, 1.807) is 12.1 Å². The van der Waals surface area contributed by atoms with Crippen molar-refractivity contribution >= 4 is 0 Å². The molecule has 2 nitrogen and oxygen atoms in total. The van der Waals surface area contributed by atoms with Crippen molar-refractivity contribution < 1.29 is 5.11 Å². The van der Waals surface area contributed by atoms with E-state index in [0.717, 1.165) is 12.8 Å². The Morgan fingerprint density at radius 1 is 1.67 bits per heavy atom. The van der Waals surface area contributed by atoms with Crippen LogP contribution < -0.4 is 0 Å². The van der Waals surface area contributed by atoms with Gasteiger partial charge in [-0.25, -0.2) is 0 Å². The lowest BCUT2D eigenvalue weighted by Gasteiger charge is -2.20. The number of aliphatic hydroxyl groups is 1. The summed E-state index contributed by atoms with van der Waals surface area (Å²) in [4.78, 5) is 0. The first-order valence-corrected chi connectivity index (χ1v) is 3.14. The van der Waals surface area contributed by atoms with E-state index in [-0.39, 0.29) is 5.76 Å². The van der Waals surface area contributed by atoms with E-state index in [1.807, 2.05) is 0 Å². The van der Waals surface area contributed by atoms with Gasteiger partial charge < -0.3 is 5.11 Å². The Morgan fingerprint density at radius 3 is 2.67 bits per heavy atom. The highest BCUT2D eigenvalue weighted by Crippen LogP contribution is 2.27. The first-order chi connectivity index (χ1) is 4.33. The molecule has 9 heavy (non-hydrogen) atoms. The Hall–Kier alpha value is -0.970. The number of hydrogen-bond donors (Lipinski definition) is 1. The van der Waals surface area contributed by atoms with Crippen LogP contribution in [0.15, 0.2) is 11.8 Å². The van der Waals surface area contributed by atoms with Crippen LogP contribution in [0.5, 0.6) is 0 Å². The van der Waals surface area contributed by atoms with Gasteiger partial charge in [0.25, 0.3) is 0 Å². The molecule has 0 heterocycles. The van der Waals surface area contributed by atoms with Gasteiger partial charge in [-0.2, -0.15) is 5.26 Å². The molecule has 1 saturated carbocycles. The van der Waals surface area contributed by atoms with Crippen molar-refractivity contribution in [1.29, 1.82) is 5.26 Å². The molecule has 1 rings (SSSR count). The second kappa shape index (κ2) is 2.54. The van der Waals surface area contributed by atoms with Gasteiger partial charge in [-0.05, 0) is 24.8 Å². The molecule has 1 aliphatic carbocycles. The summed E-state index contributed by atoms with van der Waals surface area (Å²) in [5.74, 6) is 0.351. The lowest BCUT2D eigenvalue weighted by Crippen LogP contribution is -2.07. The van der Waals surface area contributed by atoms with Gasteiger partial charge in [-0.15, -0.1) is 0 Å². The lowest BCUT2D eigenvalue weighted by atomic mass is 9.85. The van der Waals surface area contributed by atoms with Crippen molar-refractivity contribution in [3.8, 4) is 6.07 Å². The maximum atomic E-state index is 8.69. The van der Waals surface area contributed by atoms with Crippen LogP contribution in [0.2, 0.25) is 0 Å². The van der Waals surface area contributed by atoms with Crippen LogP contribution in [0.4, 0.5) is 0 Å². The molecule has 0 unspecified atom stereocenters. The van der Waals surface area contributed by atoms with Gasteiger partial charge in [0.15, 0.2) is 5.76 Å².